The van der Waals surface area contributed by atoms with Crippen LogP contribution in [0.3, 0.4) is 0 Å². The lowest BCUT2D eigenvalue weighted by molar-refractivity contribution is -0.119. The van der Waals surface area contributed by atoms with E-state index in [1.165, 1.54) is 32.1 Å². The summed E-state index contributed by atoms with van der Waals surface area (Å²) in [6.45, 7) is 2.94. The van der Waals surface area contributed by atoms with Gasteiger partial charge in [0, 0.05) is 43.2 Å². The van der Waals surface area contributed by atoms with Gasteiger partial charge in [-0.3, -0.25) is 4.79 Å². The molecule has 4 atom stereocenters. The fraction of sp³-hybridized carbons (Fsp3) is 0.600. The van der Waals surface area contributed by atoms with Gasteiger partial charge in [0.2, 0.25) is 11.9 Å². The smallest absolute Gasteiger partial charge is 0.224 e. The molecule has 3 fully saturated rings. The maximum Gasteiger partial charge on any atom is 0.224 e. The number of aromatic nitrogens is 2. The van der Waals surface area contributed by atoms with E-state index in [1.54, 1.807) is 13.1 Å². The van der Waals surface area contributed by atoms with E-state index in [0.29, 0.717) is 64.8 Å². The Bertz CT molecular complexity index is 1160. The van der Waals surface area contributed by atoms with Crippen molar-refractivity contribution in [2.24, 2.45) is 17.8 Å². The monoisotopic (exact) mass is 549 g/mol. The van der Waals surface area contributed by atoms with Gasteiger partial charge in [-0.1, -0.05) is 36.2 Å². The lowest BCUT2D eigenvalue weighted by Gasteiger charge is -2.48. The highest BCUT2D eigenvalue weighted by Crippen LogP contribution is 2.43. The predicted octanol–water partition coefficient (Wildman–Crippen LogP) is 5.26. The average molecular weight is 550 g/mol. The van der Waals surface area contributed by atoms with Crippen LogP contribution in [-0.4, -0.2) is 40.5 Å². The van der Waals surface area contributed by atoms with Gasteiger partial charge in [0.1, 0.15) is 17.5 Å². The second kappa shape index (κ2) is 13.0. The molecule has 9 heteroatoms. The summed E-state index contributed by atoms with van der Waals surface area (Å²) in [5, 5.41) is 24.2. The van der Waals surface area contributed by atoms with Gasteiger partial charge in [0.25, 0.3) is 0 Å². The highest BCUT2D eigenvalue weighted by Gasteiger charge is 2.41. The van der Waals surface area contributed by atoms with Crippen molar-refractivity contribution in [3.05, 3.63) is 46.6 Å². The number of halogens is 1. The number of hydrogen-bond acceptors (Lipinski definition) is 7. The minimum absolute atomic E-state index is 0.0846. The molecular weight excluding hydrogens is 510 g/mol. The van der Waals surface area contributed by atoms with Crippen LogP contribution >= 0.6 is 11.6 Å². The molecule has 208 valence electrons. The molecule has 1 unspecified atom stereocenters. The Kier molecular flexibility index (Phi) is 9.21. The summed E-state index contributed by atoms with van der Waals surface area (Å²) in [4.78, 5) is 20.3. The van der Waals surface area contributed by atoms with Gasteiger partial charge < -0.3 is 21.3 Å². The molecule has 3 aliphatic rings. The van der Waals surface area contributed by atoms with Gasteiger partial charge in [0.15, 0.2) is 0 Å². The second-order valence-electron chi connectivity index (χ2n) is 11.6. The molecule has 2 bridgehead atoms. The zero-order valence-corrected chi connectivity index (χ0v) is 23.5. The molecule has 2 aromatic rings. The zero-order chi connectivity index (χ0) is 27.2. The second-order valence-corrected chi connectivity index (χ2v) is 12.0. The molecule has 8 nitrogen and oxygen atoms in total. The van der Waals surface area contributed by atoms with Crippen molar-refractivity contribution in [3.63, 3.8) is 0 Å². The van der Waals surface area contributed by atoms with E-state index >= 15 is 0 Å². The van der Waals surface area contributed by atoms with Crippen LogP contribution in [0, 0.1) is 29.1 Å². The third kappa shape index (κ3) is 7.20. The number of anilines is 2. The topological polar surface area (TPSA) is 115 Å². The number of nitrogens with one attached hydrogen (secondary N) is 4. The standard InChI is InChI=1S/C30H40ClN7O/c1-19(39)36-25-9-11-26(12-10-25)37-28-21-6-4-7-22(28)14-20(13-21)16-33-29-24(15-32)18-35-30(38-29)34-17-23-5-2-3-8-27(23)31/h2-3,5,8,18,20-22,25-26,28,37H,4,6-7,9-14,16-17H2,1H3,(H,36,39)(H2,33,34,35,38)/t20?,21-,22+,25?,26?,28-. The first-order valence-electron chi connectivity index (χ1n) is 14.5. The molecular formula is C30H40ClN7O. The molecule has 39 heavy (non-hydrogen) atoms. The van der Waals surface area contributed by atoms with Crippen LogP contribution in [0.25, 0.3) is 0 Å². The van der Waals surface area contributed by atoms with E-state index in [2.05, 4.69) is 37.3 Å². The lowest BCUT2D eigenvalue weighted by atomic mass is 9.64. The molecule has 0 spiro atoms. The fourth-order valence-corrected chi connectivity index (χ4v) is 7.21. The molecule has 0 aliphatic heterocycles. The summed E-state index contributed by atoms with van der Waals surface area (Å²) < 4.78 is 0. The maximum absolute atomic E-state index is 11.4. The van der Waals surface area contributed by atoms with Crippen molar-refractivity contribution in [3.8, 4) is 6.07 Å². The highest BCUT2D eigenvalue weighted by atomic mass is 35.5. The number of nitriles is 1. The minimum atomic E-state index is 0.0846. The molecule has 0 saturated heterocycles. The predicted molar refractivity (Wildman–Crippen MR) is 154 cm³/mol. The Morgan fingerprint density at radius 1 is 1.05 bits per heavy atom. The van der Waals surface area contributed by atoms with Gasteiger partial charge in [-0.25, -0.2) is 4.98 Å². The summed E-state index contributed by atoms with van der Waals surface area (Å²) in [5.41, 5.74) is 1.43. The zero-order valence-electron chi connectivity index (χ0n) is 22.8. The van der Waals surface area contributed by atoms with Crippen LogP contribution in [-0.2, 0) is 11.3 Å². The summed E-state index contributed by atoms with van der Waals surface area (Å²) in [5.74, 6) is 3.12. The first-order chi connectivity index (χ1) is 19.0. The molecule has 3 aliphatic carbocycles. The molecule has 3 saturated carbocycles. The fourth-order valence-electron chi connectivity index (χ4n) is 7.01. The molecule has 4 N–H and O–H groups in total. The SMILES string of the molecule is CC(=O)NC1CCC(N[C@@H]2[C@@H]3CCC[C@H]2CC(CNc2nc(NCc4ccccc4Cl)ncc2C#N)C3)CC1. The third-order valence-electron chi connectivity index (χ3n) is 8.86. The number of rotatable bonds is 9. The van der Waals surface area contributed by atoms with Crippen LogP contribution in [0.1, 0.15) is 75.8 Å². The molecule has 1 amide bonds. The molecule has 1 heterocycles. The largest absolute Gasteiger partial charge is 0.369 e. The summed E-state index contributed by atoms with van der Waals surface area (Å²) in [6.07, 6.45) is 12.3. The van der Waals surface area contributed by atoms with Crippen LogP contribution < -0.4 is 21.3 Å². The number of carbonyl (C=O) groups is 1. The maximum atomic E-state index is 11.4. The van der Waals surface area contributed by atoms with E-state index < -0.39 is 0 Å². The first-order valence-corrected chi connectivity index (χ1v) is 14.9. The summed E-state index contributed by atoms with van der Waals surface area (Å²) in [7, 11) is 0. The van der Waals surface area contributed by atoms with Crippen LogP contribution in [0.2, 0.25) is 5.02 Å². The molecule has 5 rings (SSSR count). The lowest BCUT2D eigenvalue weighted by Crippen LogP contribution is -2.54. The van der Waals surface area contributed by atoms with E-state index in [0.717, 1.165) is 37.8 Å². The number of amides is 1. The normalized spacial score (nSPS) is 28.2. The van der Waals surface area contributed by atoms with E-state index in [4.69, 9.17) is 11.6 Å². The molecule has 1 aromatic carbocycles. The van der Waals surface area contributed by atoms with Gasteiger partial charge in [0.05, 0.1) is 6.20 Å². The van der Waals surface area contributed by atoms with E-state index in [1.807, 2.05) is 24.3 Å². The average Bonchev–Trinajstić information content (AvgIpc) is 2.92. The molecule has 1 aromatic heterocycles. The van der Waals surface area contributed by atoms with Crippen molar-refractivity contribution in [2.45, 2.75) is 89.4 Å². The van der Waals surface area contributed by atoms with Gasteiger partial charge in [-0.15, -0.1) is 0 Å². The minimum Gasteiger partial charge on any atom is -0.369 e. The Morgan fingerprint density at radius 2 is 1.77 bits per heavy atom. The van der Waals surface area contributed by atoms with Crippen LogP contribution in [0.5, 0.6) is 0 Å². The van der Waals surface area contributed by atoms with Crippen molar-refractivity contribution in [1.82, 2.24) is 20.6 Å². The van der Waals surface area contributed by atoms with Crippen molar-refractivity contribution >= 4 is 29.3 Å². The summed E-state index contributed by atoms with van der Waals surface area (Å²) >= 11 is 6.28. The van der Waals surface area contributed by atoms with E-state index in [9.17, 15) is 10.1 Å². The number of carbonyl (C=O) groups excluding carboxylic acids is 1. The van der Waals surface area contributed by atoms with Crippen molar-refractivity contribution in [2.75, 3.05) is 17.2 Å². The van der Waals surface area contributed by atoms with Crippen LogP contribution in [0.15, 0.2) is 30.5 Å². The van der Waals surface area contributed by atoms with Gasteiger partial charge in [-0.05, 0) is 80.8 Å². The first kappa shape index (κ1) is 27.7. The quantitative estimate of drug-likeness (QED) is 0.337. The van der Waals surface area contributed by atoms with Gasteiger partial charge >= 0.3 is 0 Å². The van der Waals surface area contributed by atoms with Crippen molar-refractivity contribution < 1.29 is 4.79 Å². The number of nitrogens with zero attached hydrogens (tertiary/aromatic N) is 3. The Labute approximate surface area is 236 Å². The van der Waals surface area contributed by atoms with Crippen LogP contribution in [0.4, 0.5) is 11.8 Å². The van der Waals surface area contributed by atoms with Gasteiger partial charge in [-0.2, -0.15) is 10.2 Å². The summed E-state index contributed by atoms with van der Waals surface area (Å²) in [6, 6.07) is 11.4. The number of fused-ring (bicyclic) bond motifs is 2. The van der Waals surface area contributed by atoms with E-state index in [-0.39, 0.29) is 5.91 Å². The Balaban J connectivity index is 1.14. The Hall–Kier alpha value is -2.89. The Morgan fingerprint density at radius 3 is 2.46 bits per heavy atom. The number of benzene rings is 1. The third-order valence-corrected chi connectivity index (χ3v) is 9.23. The molecule has 0 radical (unpaired) electrons. The van der Waals surface area contributed by atoms with Crippen molar-refractivity contribution in [1.29, 1.82) is 5.26 Å². The number of hydrogen-bond donors (Lipinski definition) is 4. The highest BCUT2D eigenvalue weighted by molar-refractivity contribution is 6.31.